The number of likely N-dealkylation sites (tertiary alicyclic amines) is 1. The molecule has 0 aliphatic carbocycles. The van der Waals surface area contributed by atoms with Gasteiger partial charge in [0, 0.05) is 35.7 Å². The third kappa shape index (κ3) is 5.61. The van der Waals surface area contributed by atoms with E-state index in [0.717, 1.165) is 18.2 Å². The van der Waals surface area contributed by atoms with E-state index in [1.807, 2.05) is 30.3 Å². The largest absolute Gasteiger partial charge is 0.488 e. The van der Waals surface area contributed by atoms with Crippen LogP contribution < -0.4 is 9.47 Å². The highest BCUT2D eigenvalue weighted by Gasteiger charge is 2.54. The van der Waals surface area contributed by atoms with Crippen LogP contribution in [0.15, 0.2) is 48.5 Å². The lowest BCUT2D eigenvalue weighted by atomic mass is 9.79. The molecule has 2 N–H and O–H groups in total. The number of ether oxygens (including phenoxy) is 3. The van der Waals surface area contributed by atoms with E-state index in [4.69, 9.17) is 25.8 Å². The van der Waals surface area contributed by atoms with Crippen molar-refractivity contribution >= 4 is 23.7 Å². The van der Waals surface area contributed by atoms with E-state index in [1.165, 1.54) is 0 Å². The minimum Gasteiger partial charge on any atom is -0.488 e. The molecule has 0 aromatic heterocycles. The highest BCUT2D eigenvalue weighted by molar-refractivity contribution is 6.34. The summed E-state index contributed by atoms with van der Waals surface area (Å²) in [4.78, 5) is 27.3. The summed E-state index contributed by atoms with van der Waals surface area (Å²) < 4.78 is 49.2. The van der Waals surface area contributed by atoms with Crippen LogP contribution >= 0.6 is 11.6 Å². The molecular formula is C32H32ClF2NO7. The second kappa shape index (κ2) is 11.7. The van der Waals surface area contributed by atoms with Gasteiger partial charge in [-0.25, -0.2) is 18.4 Å². The number of aliphatic hydroxyl groups is 1. The van der Waals surface area contributed by atoms with E-state index >= 15 is 8.78 Å². The zero-order chi connectivity index (χ0) is 31.1. The van der Waals surface area contributed by atoms with Gasteiger partial charge in [0.25, 0.3) is 0 Å². The summed E-state index contributed by atoms with van der Waals surface area (Å²) in [5.41, 5.74) is -2.14. The number of fused-ring (bicyclic) bond motifs is 1. The molecule has 0 bridgehead atoms. The van der Waals surface area contributed by atoms with Gasteiger partial charge in [-0.15, -0.1) is 0 Å². The van der Waals surface area contributed by atoms with Gasteiger partial charge in [0.15, 0.2) is 17.2 Å². The fourth-order valence-corrected chi connectivity index (χ4v) is 6.22. The summed E-state index contributed by atoms with van der Waals surface area (Å²) in [5.74, 6) is -3.75. The predicted octanol–water partition coefficient (Wildman–Crippen LogP) is 6.58. The van der Waals surface area contributed by atoms with Gasteiger partial charge in [-0.1, -0.05) is 41.9 Å². The number of amides is 1. The van der Waals surface area contributed by atoms with E-state index in [2.05, 4.69) is 0 Å². The molecule has 2 aliphatic heterocycles. The number of halogens is 3. The molecule has 2 heterocycles. The lowest BCUT2D eigenvalue weighted by molar-refractivity contribution is -0.0216. The van der Waals surface area contributed by atoms with Gasteiger partial charge in [0.2, 0.25) is 0 Å². The molecule has 2 aliphatic rings. The van der Waals surface area contributed by atoms with Gasteiger partial charge >= 0.3 is 12.1 Å². The van der Waals surface area contributed by atoms with Crippen LogP contribution in [0.3, 0.4) is 0 Å². The second-order valence-corrected chi connectivity index (χ2v) is 11.9. The molecule has 2 atom stereocenters. The van der Waals surface area contributed by atoms with Crippen molar-refractivity contribution in [2.75, 3.05) is 19.8 Å². The fourth-order valence-electron chi connectivity index (χ4n) is 5.96. The lowest BCUT2D eigenvalue weighted by Gasteiger charge is -2.40. The number of benzene rings is 3. The molecule has 1 amide bonds. The first-order valence-corrected chi connectivity index (χ1v) is 14.3. The maximum atomic E-state index is 16.1. The van der Waals surface area contributed by atoms with Crippen molar-refractivity contribution in [2.24, 2.45) is 0 Å². The molecule has 8 nitrogen and oxygen atoms in total. The van der Waals surface area contributed by atoms with Crippen molar-refractivity contribution in [3.63, 3.8) is 0 Å². The smallest absolute Gasteiger partial charge is 0.410 e. The van der Waals surface area contributed by atoms with Crippen LogP contribution in [0.2, 0.25) is 5.02 Å². The van der Waals surface area contributed by atoms with E-state index in [9.17, 15) is 19.8 Å². The molecule has 43 heavy (non-hydrogen) atoms. The molecule has 1 fully saturated rings. The summed E-state index contributed by atoms with van der Waals surface area (Å²) in [6, 6.07) is 11.9. The molecule has 11 heteroatoms. The Morgan fingerprint density at radius 1 is 1.14 bits per heavy atom. The minimum absolute atomic E-state index is 0.0197. The number of carbonyl (C=O) groups excluding carboxylic acids is 1. The van der Waals surface area contributed by atoms with Crippen LogP contribution in [0, 0.1) is 11.6 Å². The van der Waals surface area contributed by atoms with Gasteiger partial charge < -0.3 is 29.3 Å². The molecule has 1 unspecified atom stereocenters. The van der Waals surface area contributed by atoms with E-state index in [0.29, 0.717) is 24.9 Å². The first-order chi connectivity index (χ1) is 20.4. The molecular weight excluding hydrogens is 584 g/mol. The third-order valence-corrected chi connectivity index (χ3v) is 8.00. The van der Waals surface area contributed by atoms with Crippen LogP contribution in [0.1, 0.15) is 55.1 Å². The SMILES string of the molecule is CC(C)(C)OC(=O)N1CCCC1[C@@]1(c2ccccc2)Cc2c(cc(F)c(Cl)c2-c2c(C(=O)O)ccc(OCCO)c2F)O1. The molecule has 0 spiro atoms. The highest BCUT2D eigenvalue weighted by Crippen LogP contribution is 2.53. The fraction of sp³-hybridized carbons (Fsp3) is 0.375. The summed E-state index contributed by atoms with van der Waals surface area (Å²) in [7, 11) is 0. The molecule has 228 valence electrons. The van der Waals surface area contributed by atoms with Crippen molar-refractivity contribution in [3.8, 4) is 22.6 Å². The maximum Gasteiger partial charge on any atom is 0.410 e. The van der Waals surface area contributed by atoms with E-state index in [-0.39, 0.29) is 35.7 Å². The summed E-state index contributed by atoms with van der Waals surface area (Å²) in [6.45, 7) is 5.06. The van der Waals surface area contributed by atoms with Gasteiger partial charge in [0.05, 0.1) is 23.2 Å². The van der Waals surface area contributed by atoms with Crippen LogP contribution in [0.25, 0.3) is 11.1 Å². The Hall–Kier alpha value is -3.89. The van der Waals surface area contributed by atoms with E-state index in [1.54, 1.807) is 25.7 Å². The third-order valence-electron chi connectivity index (χ3n) is 7.63. The van der Waals surface area contributed by atoms with Crippen molar-refractivity contribution in [1.29, 1.82) is 0 Å². The highest BCUT2D eigenvalue weighted by atomic mass is 35.5. The first-order valence-electron chi connectivity index (χ1n) is 13.9. The van der Waals surface area contributed by atoms with Crippen LogP contribution in [-0.2, 0) is 16.8 Å². The van der Waals surface area contributed by atoms with Crippen molar-refractivity contribution in [3.05, 3.63) is 81.9 Å². The summed E-state index contributed by atoms with van der Waals surface area (Å²) >= 11 is 6.51. The number of carbonyl (C=O) groups is 2. The molecule has 0 saturated carbocycles. The van der Waals surface area contributed by atoms with Crippen molar-refractivity contribution < 1.29 is 42.8 Å². The van der Waals surface area contributed by atoms with E-state index < -0.39 is 63.7 Å². The number of hydrogen-bond donors (Lipinski definition) is 2. The first kappa shape index (κ1) is 30.6. The normalized spacial score (nSPS) is 19.6. The average Bonchev–Trinajstić information content (AvgIpc) is 3.59. The minimum atomic E-state index is -1.46. The number of aromatic carboxylic acids is 1. The van der Waals surface area contributed by atoms with Crippen LogP contribution in [-0.4, -0.2) is 58.6 Å². The second-order valence-electron chi connectivity index (χ2n) is 11.6. The Morgan fingerprint density at radius 3 is 2.51 bits per heavy atom. The van der Waals surface area contributed by atoms with Gasteiger partial charge in [-0.2, -0.15) is 0 Å². The summed E-state index contributed by atoms with van der Waals surface area (Å²) in [5, 5.41) is 18.7. The average molecular weight is 616 g/mol. The number of nitrogens with zero attached hydrogens (tertiary/aromatic N) is 1. The maximum absolute atomic E-state index is 16.1. The van der Waals surface area contributed by atoms with Crippen LogP contribution in [0.5, 0.6) is 11.5 Å². The Balaban J connectivity index is 1.71. The van der Waals surface area contributed by atoms with Gasteiger partial charge in [-0.05, 0) is 51.3 Å². The van der Waals surface area contributed by atoms with Gasteiger partial charge in [-0.3, -0.25) is 0 Å². The lowest BCUT2D eigenvalue weighted by Crippen LogP contribution is -2.53. The molecule has 0 radical (unpaired) electrons. The predicted molar refractivity (Wildman–Crippen MR) is 155 cm³/mol. The molecule has 3 aromatic rings. The Kier molecular flexibility index (Phi) is 8.28. The number of carboxylic acids is 1. The van der Waals surface area contributed by atoms with Crippen molar-refractivity contribution in [1.82, 2.24) is 4.90 Å². The molecule has 3 aromatic carbocycles. The molecule has 5 rings (SSSR count). The Labute approximate surface area is 252 Å². The number of rotatable bonds is 7. The summed E-state index contributed by atoms with van der Waals surface area (Å²) in [6.07, 6.45) is 0.684. The quantitative estimate of drug-likeness (QED) is 0.309. The number of hydrogen-bond acceptors (Lipinski definition) is 6. The van der Waals surface area contributed by atoms with Crippen LogP contribution in [0.4, 0.5) is 13.6 Å². The number of aliphatic hydroxyl groups excluding tert-OH is 1. The zero-order valence-corrected chi connectivity index (χ0v) is 24.7. The van der Waals surface area contributed by atoms with Gasteiger partial charge in [0.1, 0.15) is 23.8 Å². The zero-order valence-electron chi connectivity index (χ0n) is 24.0. The number of carboxylic acid groups (broad SMARTS) is 1. The van der Waals surface area contributed by atoms with Crippen molar-refractivity contribution in [2.45, 2.75) is 57.3 Å². The Morgan fingerprint density at radius 2 is 1.86 bits per heavy atom. The monoisotopic (exact) mass is 615 g/mol. The standard InChI is InChI=1S/C32H32ClF2NO7/c1-31(2,3)43-30(40)36-13-7-10-24(36)32(18-8-5-4-6-9-18)17-20-23(42-32)16-21(34)27(33)25(20)26-19(29(38)39)11-12-22(28(26)35)41-15-14-37/h4-6,8-9,11-12,16,24,37H,7,10,13-15,17H2,1-3H3,(H,38,39)/t24?,32-/m0/s1. The Bertz CT molecular complexity index is 1560. The topological polar surface area (TPSA) is 106 Å². The molecule has 1 saturated heterocycles.